The molecule has 162 valence electrons. The van der Waals surface area contributed by atoms with Gasteiger partial charge in [-0.1, -0.05) is 24.3 Å². The van der Waals surface area contributed by atoms with Gasteiger partial charge in [-0.2, -0.15) is 13.2 Å². The molecule has 1 aromatic heterocycles. The average Bonchev–Trinajstić information content (AvgIpc) is 3.26. The van der Waals surface area contributed by atoms with Crippen molar-refractivity contribution in [3.8, 4) is 22.1 Å². The van der Waals surface area contributed by atoms with Crippen LogP contribution in [0.15, 0.2) is 60.5 Å². The van der Waals surface area contributed by atoms with Crippen LogP contribution in [0.5, 0.6) is 11.5 Å². The second-order valence-electron chi connectivity index (χ2n) is 6.35. The number of aromatic nitrogens is 1. The van der Waals surface area contributed by atoms with Gasteiger partial charge in [0.1, 0.15) is 17.3 Å². The zero-order valence-corrected chi connectivity index (χ0v) is 17.3. The molecule has 0 spiro atoms. The standard InChI is InChI=1S/C22H19F3N2O3S/c1-3-10-26-20(28)17-13-31-21(27-17)14-8-9-18(19(11-14)29-2)30-12-15-6-4-5-7-16(15)22(23,24)25/h3-9,11,13H,1,10,12H2,2H3,(H,26,28). The van der Waals surface area contributed by atoms with E-state index < -0.39 is 11.7 Å². The molecule has 1 heterocycles. The van der Waals surface area contributed by atoms with Gasteiger partial charge in [-0.3, -0.25) is 4.79 Å². The van der Waals surface area contributed by atoms with Crippen molar-refractivity contribution in [1.82, 2.24) is 10.3 Å². The van der Waals surface area contributed by atoms with Gasteiger partial charge in [0.05, 0.1) is 12.7 Å². The van der Waals surface area contributed by atoms with Crippen molar-refractivity contribution in [3.05, 3.63) is 77.3 Å². The minimum Gasteiger partial charge on any atom is -0.493 e. The summed E-state index contributed by atoms with van der Waals surface area (Å²) in [6, 6.07) is 10.2. The van der Waals surface area contributed by atoms with Gasteiger partial charge in [0, 0.05) is 23.1 Å². The fourth-order valence-electron chi connectivity index (χ4n) is 2.76. The highest BCUT2D eigenvalue weighted by Gasteiger charge is 2.33. The lowest BCUT2D eigenvalue weighted by Gasteiger charge is -2.15. The highest BCUT2D eigenvalue weighted by atomic mass is 32.1. The molecule has 0 bridgehead atoms. The minimum atomic E-state index is -4.46. The van der Waals surface area contributed by atoms with Crippen LogP contribution in [0.4, 0.5) is 13.2 Å². The number of alkyl halides is 3. The Morgan fingerprint density at radius 3 is 2.71 bits per heavy atom. The summed E-state index contributed by atoms with van der Waals surface area (Å²) >= 11 is 1.29. The molecule has 1 amide bonds. The van der Waals surface area contributed by atoms with E-state index in [1.54, 1.807) is 29.7 Å². The maximum absolute atomic E-state index is 13.2. The van der Waals surface area contributed by atoms with Gasteiger partial charge >= 0.3 is 6.18 Å². The topological polar surface area (TPSA) is 60.5 Å². The number of benzene rings is 2. The first-order valence-electron chi connectivity index (χ1n) is 9.14. The molecular weight excluding hydrogens is 429 g/mol. The molecule has 0 saturated heterocycles. The van der Waals surface area contributed by atoms with E-state index in [2.05, 4.69) is 16.9 Å². The molecule has 2 aromatic carbocycles. The van der Waals surface area contributed by atoms with Gasteiger partial charge < -0.3 is 14.8 Å². The summed E-state index contributed by atoms with van der Waals surface area (Å²) in [7, 11) is 1.44. The first kappa shape index (κ1) is 22.4. The average molecular weight is 448 g/mol. The number of carbonyl (C=O) groups excluding carboxylic acids is 1. The molecule has 3 aromatic rings. The molecule has 0 unspecified atom stereocenters. The first-order chi connectivity index (χ1) is 14.8. The van der Waals surface area contributed by atoms with E-state index in [0.717, 1.165) is 6.07 Å². The number of methoxy groups -OCH3 is 1. The summed E-state index contributed by atoms with van der Waals surface area (Å²) in [5.41, 5.74) is 0.254. The van der Waals surface area contributed by atoms with Crippen molar-refractivity contribution >= 4 is 17.2 Å². The predicted molar refractivity (Wildman–Crippen MR) is 112 cm³/mol. The zero-order valence-electron chi connectivity index (χ0n) is 16.5. The fraction of sp³-hybridized carbons (Fsp3) is 0.182. The molecule has 5 nitrogen and oxygen atoms in total. The van der Waals surface area contributed by atoms with Crippen LogP contribution in [0.2, 0.25) is 0 Å². The molecular formula is C22H19F3N2O3S. The van der Waals surface area contributed by atoms with Crippen molar-refractivity contribution in [1.29, 1.82) is 0 Å². The smallest absolute Gasteiger partial charge is 0.416 e. The van der Waals surface area contributed by atoms with Crippen LogP contribution in [0.25, 0.3) is 10.6 Å². The summed E-state index contributed by atoms with van der Waals surface area (Å²) in [6.07, 6.45) is -2.89. The number of hydrogen-bond acceptors (Lipinski definition) is 5. The van der Waals surface area contributed by atoms with Gasteiger partial charge in [0.25, 0.3) is 5.91 Å². The molecule has 0 aliphatic heterocycles. The van der Waals surface area contributed by atoms with Crippen LogP contribution >= 0.6 is 11.3 Å². The Morgan fingerprint density at radius 2 is 2.00 bits per heavy atom. The van der Waals surface area contributed by atoms with E-state index >= 15 is 0 Å². The van der Waals surface area contributed by atoms with Gasteiger partial charge in [-0.15, -0.1) is 17.9 Å². The molecule has 1 N–H and O–H groups in total. The van der Waals surface area contributed by atoms with Crippen molar-refractivity contribution in [3.63, 3.8) is 0 Å². The maximum atomic E-state index is 13.2. The molecule has 3 rings (SSSR count). The molecule has 9 heteroatoms. The van der Waals surface area contributed by atoms with E-state index in [1.807, 2.05) is 0 Å². The van der Waals surface area contributed by atoms with Crippen molar-refractivity contribution in [2.45, 2.75) is 12.8 Å². The number of nitrogens with zero attached hydrogens (tertiary/aromatic N) is 1. The van der Waals surface area contributed by atoms with Crippen LogP contribution in [0.3, 0.4) is 0 Å². The van der Waals surface area contributed by atoms with E-state index in [1.165, 1.54) is 36.6 Å². The highest BCUT2D eigenvalue weighted by Crippen LogP contribution is 2.36. The van der Waals surface area contributed by atoms with Crippen LogP contribution in [-0.4, -0.2) is 24.5 Å². The molecule has 0 radical (unpaired) electrons. The second-order valence-corrected chi connectivity index (χ2v) is 7.20. The van der Waals surface area contributed by atoms with E-state index in [-0.39, 0.29) is 23.8 Å². The summed E-state index contributed by atoms with van der Waals surface area (Å²) in [4.78, 5) is 16.3. The minimum absolute atomic E-state index is 0.0243. The van der Waals surface area contributed by atoms with Crippen LogP contribution in [0, 0.1) is 0 Å². The fourth-order valence-corrected chi connectivity index (χ4v) is 3.56. The number of rotatable bonds is 8. The van der Waals surface area contributed by atoms with Crippen LogP contribution in [-0.2, 0) is 12.8 Å². The lowest BCUT2D eigenvalue weighted by molar-refractivity contribution is -0.138. The number of hydrogen-bond donors (Lipinski definition) is 1. The Morgan fingerprint density at radius 1 is 1.23 bits per heavy atom. The molecule has 0 aliphatic carbocycles. The molecule has 0 aliphatic rings. The van der Waals surface area contributed by atoms with Gasteiger partial charge in [0.2, 0.25) is 0 Å². The quantitative estimate of drug-likeness (QED) is 0.473. The van der Waals surface area contributed by atoms with Crippen LogP contribution < -0.4 is 14.8 Å². The van der Waals surface area contributed by atoms with Crippen molar-refractivity contribution < 1.29 is 27.4 Å². The Balaban J connectivity index is 1.78. The number of nitrogens with one attached hydrogen (secondary N) is 1. The summed E-state index contributed by atoms with van der Waals surface area (Å²) in [6.45, 7) is 3.61. The molecule has 0 saturated carbocycles. The number of halogens is 3. The summed E-state index contributed by atoms with van der Waals surface area (Å²) in [5.74, 6) is 0.330. The Bertz CT molecular complexity index is 1080. The lowest BCUT2D eigenvalue weighted by Crippen LogP contribution is -2.23. The molecule has 0 atom stereocenters. The van der Waals surface area contributed by atoms with Gasteiger partial charge in [-0.25, -0.2) is 4.98 Å². The largest absolute Gasteiger partial charge is 0.493 e. The SMILES string of the molecule is C=CCNC(=O)c1csc(-c2ccc(OCc3ccccc3C(F)(F)F)c(OC)c2)n1. The van der Waals surface area contributed by atoms with Crippen LogP contribution in [0.1, 0.15) is 21.6 Å². The summed E-state index contributed by atoms with van der Waals surface area (Å²) < 4.78 is 50.5. The van der Waals surface area contributed by atoms with Gasteiger partial charge in [0.15, 0.2) is 11.5 Å². The van der Waals surface area contributed by atoms with E-state index in [0.29, 0.717) is 28.6 Å². The number of thiazole rings is 1. The number of amides is 1. The molecule has 0 fully saturated rings. The molecule has 31 heavy (non-hydrogen) atoms. The third-order valence-electron chi connectivity index (χ3n) is 4.26. The Kier molecular flexibility index (Phi) is 6.96. The lowest BCUT2D eigenvalue weighted by atomic mass is 10.1. The Hall–Kier alpha value is -3.33. The second kappa shape index (κ2) is 9.65. The normalized spacial score (nSPS) is 11.1. The van der Waals surface area contributed by atoms with Crippen molar-refractivity contribution in [2.24, 2.45) is 0 Å². The zero-order chi connectivity index (χ0) is 22.4. The summed E-state index contributed by atoms with van der Waals surface area (Å²) in [5, 5.41) is 4.89. The predicted octanol–water partition coefficient (Wildman–Crippen LogP) is 5.33. The maximum Gasteiger partial charge on any atom is 0.416 e. The Labute approximate surface area is 181 Å². The van der Waals surface area contributed by atoms with E-state index in [9.17, 15) is 18.0 Å². The van der Waals surface area contributed by atoms with E-state index in [4.69, 9.17) is 9.47 Å². The monoisotopic (exact) mass is 448 g/mol. The number of ether oxygens (including phenoxy) is 2. The third kappa shape index (κ3) is 5.43. The highest BCUT2D eigenvalue weighted by molar-refractivity contribution is 7.13. The third-order valence-corrected chi connectivity index (χ3v) is 5.15. The van der Waals surface area contributed by atoms with Crippen molar-refractivity contribution in [2.75, 3.05) is 13.7 Å². The first-order valence-corrected chi connectivity index (χ1v) is 10.0. The number of carbonyl (C=O) groups is 1. The van der Waals surface area contributed by atoms with Gasteiger partial charge in [-0.05, 0) is 24.3 Å².